The van der Waals surface area contributed by atoms with Crippen LogP contribution in [0.2, 0.25) is 0 Å². The number of β-amino-alcohol motifs (C(OH)–C–C–N with tert-alkyl or cyclic N) is 1. The quantitative estimate of drug-likeness (QED) is 0.905. The number of likely N-dealkylation sites (tertiary alicyclic amines) is 1. The van der Waals surface area contributed by atoms with Crippen molar-refractivity contribution in [3.63, 3.8) is 0 Å². The molecule has 0 bridgehead atoms. The van der Waals surface area contributed by atoms with Crippen LogP contribution < -0.4 is 0 Å². The Labute approximate surface area is 116 Å². The lowest BCUT2D eigenvalue weighted by atomic mass is 10.0. The second kappa shape index (κ2) is 6.51. The lowest BCUT2D eigenvalue weighted by Crippen LogP contribution is -2.38. The summed E-state index contributed by atoms with van der Waals surface area (Å²) in [6.07, 6.45) is 2.14. The Morgan fingerprint density at radius 3 is 2.53 bits per heavy atom. The number of nitrogens with zero attached hydrogens (tertiary/aromatic N) is 1. The van der Waals surface area contributed by atoms with E-state index in [2.05, 4.69) is 30.9 Å². The highest BCUT2D eigenvalue weighted by Gasteiger charge is 2.21. The van der Waals surface area contributed by atoms with Crippen molar-refractivity contribution in [1.29, 1.82) is 0 Å². The van der Waals surface area contributed by atoms with E-state index in [1.165, 1.54) is 11.1 Å². The van der Waals surface area contributed by atoms with E-state index in [1.807, 2.05) is 6.07 Å². The maximum absolute atomic E-state index is 10.3. The van der Waals surface area contributed by atoms with E-state index in [0.29, 0.717) is 6.10 Å². The Balaban J connectivity index is 1.90. The number of methoxy groups -OCH3 is 1. The number of benzene rings is 1. The molecule has 3 nitrogen and oxygen atoms in total. The predicted molar refractivity (Wildman–Crippen MR) is 77.3 cm³/mol. The van der Waals surface area contributed by atoms with Crippen LogP contribution in [-0.2, 0) is 4.74 Å². The fraction of sp³-hybridized carbons (Fsp3) is 0.625. The van der Waals surface area contributed by atoms with Crippen molar-refractivity contribution >= 4 is 0 Å². The third-order valence-electron chi connectivity index (χ3n) is 4.21. The predicted octanol–water partition coefficient (Wildman–Crippen LogP) is 2.45. The first-order valence-electron chi connectivity index (χ1n) is 7.10. The molecule has 1 unspecified atom stereocenters. The van der Waals surface area contributed by atoms with Crippen LogP contribution in [0.3, 0.4) is 0 Å². The van der Waals surface area contributed by atoms with Gasteiger partial charge in [-0.2, -0.15) is 0 Å². The topological polar surface area (TPSA) is 32.7 Å². The molecule has 106 valence electrons. The van der Waals surface area contributed by atoms with Crippen LogP contribution in [0.4, 0.5) is 0 Å². The molecule has 0 amide bonds. The molecule has 0 radical (unpaired) electrons. The van der Waals surface area contributed by atoms with E-state index in [1.54, 1.807) is 7.11 Å². The summed E-state index contributed by atoms with van der Waals surface area (Å²) in [5.74, 6) is 0. The first-order valence-corrected chi connectivity index (χ1v) is 7.10. The molecule has 1 aliphatic heterocycles. The summed E-state index contributed by atoms with van der Waals surface area (Å²) in [7, 11) is 1.78. The maximum Gasteiger partial charge on any atom is 0.0917 e. The van der Waals surface area contributed by atoms with Crippen molar-refractivity contribution in [2.45, 2.75) is 38.9 Å². The molecule has 1 heterocycles. The lowest BCUT2D eigenvalue weighted by molar-refractivity contribution is 0.0242. The maximum atomic E-state index is 10.3. The van der Waals surface area contributed by atoms with Gasteiger partial charge in [-0.25, -0.2) is 0 Å². The Morgan fingerprint density at radius 2 is 1.95 bits per heavy atom. The van der Waals surface area contributed by atoms with E-state index in [0.717, 1.165) is 38.0 Å². The lowest BCUT2D eigenvalue weighted by Gasteiger charge is -2.32. The highest BCUT2D eigenvalue weighted by atomic mass is 16.5. The van der Waals surface area contributed by atoms with Gasteiger partial charge < -0.3 is 14.7 Å². The zero-order valence-electron chi connectivity index (χ0n) is 12.2. The van der Waals surface area contributed by atoms with Gasteiger partial charge in [-0.15, -0.1) is 0 Å². The second-order valence-electron chi connectivity index (χ2n) is 5.60. The Bertz CT molecular complexity index is 411. The molecular weight excluding hydrogens is 238 g/mol. The third-order valence-corrected chi connectivity index (χ3v) is 4.21. The minimum Gasteiger partial charge on any atom is -0.387 e. The van der Waals surface area contributed by atoms with Crippen molar-refractivity contribution in [1.82, 2.24) is 4.90 Å². The van der Waals surface area contributed by atoms with Gasteiger partial charge in [0.2, 0.25) is 0 Å². The van der Waals surface area contributed by atoms with Gasteiger partial charge in [-0.05, 0) is 43.4 Å². The summed E-state index contributed by atoms with van der Waals surface area (Å²) in [6, 6.07) is 6.22. The van der Waals surface area contributed by atoms with Crippen molar-refractivity contribution in [3.8, 4) is 0 Å². The van der Waals surface area contributed by atoms with Crippen molar-refractivity contribution in [2.75, 3.05) is 26.7 Å². The fourth-order valence-corrected chi connectivity index (χ4v) is 2.65. The van der Waals surface area contributed by atoms with Gasteiger partial charge in [0.25, 0.3) is 0 Å². The Kier molecular flexibility index (Phi) is 4.97. The van der Waals surface area contributed by atoms with Gasteiger partial charge in [0.05, 0.1) is 12.2 Å². The van der Waals surface area contributed by atoms with E-state index >= 15 is 0 Å². The van der Waals surface area contributed by atoms with Gasteiger partial charge in [0.15, 0.2) is 0 Å². The number of piperidine rings is 1. The number of aliphatic hydroxyl groups excluding tert-OH is 1. The highest BCUT2D eigenvalue weighted by molar-refractivity contribution is 5.31. The van der Waals surface area contributed by atoms with Gasteiger partial charge in [-0.3, -0.25) is 0 Å². The molecule has 3 heteroatoms. The summed E-state index contributed by atoms with van der Waals surface area (Å²) >= 11 is 0. The summed E-state index contributed by atoms with van der Waals surface area (Å²) < 4.78 is 5.37. The molecule has 1 aromatic rings. The molecule has 0 saturated carbocycles. The van der Waals surface area contributed by atoms with Crippen LogP contribution in [0, 0.1) is 13.8 Å². The number of ether oxygens (including phenoxy) is 1. The van der Waals surface area contributed by atoms with Crippen molar-refractivity contribution in [2.24, 2.45) is 0 Å². The number of aryl methyl sites for hydroxylation is 2. The first kappa shape index (κ1) is 14.5. The van der Waals surface area contributed by atoms with Crippen LogP contribution in [0.5, 0.6) is 0 Å². The molecule has 1 aliphatic rings. The Hall–Kier alpha value is -0.900. The summed E-state index contributed by atoms with van der Waals surface area (Å²) in [5, 5.41) is 10.3. The van der Waals surface area contributed by atoms with E-state index in [9.17, 15) is 5.11 Å². The zero-order chi connectivity index (χ0) is 13.8. The Morgan fingerprint density at radius 1 is 1.26 bits per heavy atom. The standard InChI is InChI=1S/C16H25NO2/c1-12-4-5-14(10-13(12)2)16(18)11-17-8-6-15(19-3)7-9-17/h4-5,10,15-16,18H,6-9,11H2,1-3H3. The zero-order valence-corrected chi connectivity index (χ0v) is 12.2. The smallest absolute Gasteiger partial charge is 0.0917 e. The first-order chi connectivity index (χ1) is 9.10. The molecule has 1 fully saturated rings. The normalized spacial score (nSPS) is 19.6. The van der Waals surface area contributed by atoms with Crippen molar-refractivity contribution in [3.05, 3.63) is 34.9 Å². The molecule has 19 heavy (non-hydrogen) atoms. The summed E-state index contributed by atoms with van der Waals surface area (Å²) in [5.41, 5.74) is 3.54. The van der Waals surface area contributed by atoms with Gasteiger partial charge in [0, 0.05) is 26.7 Å². The summed E-state index contributed by atoms with van der Waals surface area (Å²) in [6.45, 7) is 6.94. The summed E-state index contributed by atoms with van der Waals surface area (Å²) in [4.78, 5) is 2.33. The van der Waals surface area contributed by atoms with Crippen LogP contribution in [0.1, 0.15) is 35.6 Å². The third kappa shape index (κ3) is 3.78. The number of hydrogen-bond donors (Lipinski definition) is 1. The average Bonchev–Trinajstić information content (AvgIpc) is 2.42. The molecule has 1 N–H and O–H groups in total. The molecular formula is C16H25NO2. The molecule has 1 saturated heterocycles. The number of aliphatic hydroxyl groups is 1. The minimum absolute atomic E-state index is 0.390. The SMILES string of the molecule is COC1CCN(CC(O)c2ccc(C)c(C)c2)CC1. The minimum atomic E-state index is -0.390. The van der Waals surface area contributed by atoms with E-state index < -0.39 is 6.10 Å². The number of hydrogen-bond acceptors (Lipinski definition) is 3. The van der Waals surface area contributed by atoms with Crippen molar-refractivity contribution < 1.29 is 9.84 Å². The molecule has 1 atom stereocenters. The van der Waals surface area contributed by atoms with Crippen LogP contribution in [-0.4, -0.2) is 42.9 Å². The van der Waals surface area contributed by atoms with Crippen LogP contribution in [0.25, 0.3) is 0 Å². The van der Waals surface area contributed by atoms with E-state index in [-0.39, 0.29) is 0 Å². The monoisotopic (exact) mass is 263 g/mol. The largest absolute Gasteiger partial charge is 0.387 e. The number of rotatable bonds is 4. The molecule has 0 aromatic heterocycles. The second-order valence-corrected chi connectivity index (χ2v) is 5.60. The van der Waals surface area contributed by atoms with Gasteiger partial charge in [-0.1, -0.05) is 18.2 Å². The molecule has 0 aliphatic carbocycles. The fourth-order valence-electron chi connectivity index (χ4n) is 2.65. The van der Waals surface area contributed by atoms with Crippen LogP contribution in [0.15, 0.2) is 18.2 Å². The average molecular weight is 263 g/mol. The van der Waals surface area contributed by atoms with Gasteiger partial charge in [0.1, 0.15) is 0 Å². The highest BCUT2D eigenvalue weighted by Crippen LogP contribution is 2.20. The molecule has 0 spiro atoms. The molecule has 2 rings (SSSR count). The van der Waals surface area contributed by atoms with Gasteiger partial charge >= 0.3 is 0 Å². The molecule has 1 aromatic carbocycles. The van der Waals surface area contributed by atoms with E-state index in [4.69, 9.17) is 4.74 Å². The van der Waals surface area contributed by atoms with Crippen LogP contribution >= 0.6 is 0 Å².